The molecule has 0 aromatic heterocycles. The Balaban J connectivity index is 2.37. The fraction of sp³-hybridized carbons (Fsp3) is 0.333. The molecule has 0 spiro atoms. The van der Waals surface area contributed by atoms with E-state index in [9.17, 15) is 18.0 Å². The van der Waals surface area contributed by atoms with Crippen molar-refractivity contribution >= 4 is 27.5 Å². The van der Waals surface area contributed by atoms with Crippen LogP contribution in [0.25, 0.3) is 0 Å². The molecule has 0 heterocycles. The lowest BCUT2D eigenvalue weighted by atomic mass is 10.1. The van der Waals surface area contributed by atoms with Crippen molar-refractivity contribution in [2.24, 2.45) is 0 Å². The Hall–Kier alpha value is -3.07. The minimum Gasteiger partial charge on any atom is -0.497 e. The minimum atomic E-state index is -3.77. The third-order valence-electron chi connectivity index (χ3n) is 4.63. The molecule has 0 aliphatic heterocycles. The number of hydrogen-bond acceptors (Lipinski definition) is 5. The smallest absolute Gasteiger partial charge is 0.244 e. The van der Waals surface area contributed by atoms with Crippen LogP contribution in [0.15, 0.2) is 54.6 Å². The summed E-state index contributed by atoms with van der Waals surface area (Å²) in [5.74, 6) is -0.372. The molecule has 2 rings (SSSR count). The van der Waals surface area contributed by atoms with Gasteiger partial charge in [0, 0.05) is 19.7 Å². The Labute approximate surface area is 177 Å². The number of amides is 2. The zero-order valence-corrected chi connectivity index (χ0v) is 18.3. The van der Waals surface area contributed by atoms with Crippen LogP contribution in [0, 0.1) is 0 Å². The average molecular weight is 434 g/mol. The van der Waals surface area contributed by atoms with Gasteiger partial charge in [-0.1, -0.05) is 36.4 Å². The number of nitrogens with one attached hydrogen (secondary N) is 1. The fourth-order valence-electron chi connectivity index (χ4n) is 2.95. The highest BCUT2D eigenvalue weighted by atomic mass is 32.2. The van der Waals surface area contributed by atoms with Gasteiger partial charge in [-0.2, -0.15) is 0 Å². The van der Waals surface area contributed by atoms with E-state index in [-0.39, 0.29) is 12.5 Å². The zero-order valence-electron chi connectivity index (χ0n) is 17.5. The van der Waals surface area contributed by atoms with Crippen molar-refractivity contribution in [1.29, 1.82) is 0 Å². The number of hydrogen-bond donors (Lipinski definition) is 1. The van der Waals surface area contributed by atoms with E-state index < -0.39 is 28.5 Å². The lowest BCUT2D eigenvalue weighted by Crippen LogP contribution is -2.50. The van der Waals surface area contributed by atoms with Crippen molar-refractivity contribution in [3.63, 3.8) is 0 Å². The van der Waals surface area contributed by atoms with Crippen LogP contribution in [0.2, 0.25) is 0 Å². The van der Waals surface area contributed by atoms with Crippen LogP contribution in [-0.2, 0) is 26.2 Å². The molecule has 2 amide bonds. The van der Waals surface area contributed by atoms with Crippen LogP contribution >= 0.6 is 0 Å². The standard InChI is InChI=1S/C21H27N3O5S/c1-16(21(26)22-2)23(14-17-9-6-5-7-10-17)20(25)15-24(30(4,27)28)18-11-8-12-19(13-18)29-3/h5-13,16H,14-15H2,1-4H3,(H,22,26)/t16-/m1/s1. The number of ether oxygens (including phenoxy) is 1. The maximum Gasteiger partial charge on any atom is 0.244 e. The van der Waals surface area contributed by atoms with E-state index in [1.54, 1.807) is 25.1 Å². The Kier molecular flexibility index (Phi) is 7.82. The first kappa shape index (κ1) is 23.2. The van der Waals surface area contributed by atoms with E-state index in [1.807, 2.05) is 30.3 Å². The molecule has 0 bridgehead atoms. The molecule has 1 N–H and O–H groups in total. The highest BCUT2D eigenvalue weighted by molar-refractivity contribution is 7.92. The van der Waals surface area contributed by atoms with Gasteiger partial charge in [0.2, 0.25) is 21.8 Å². The van der Waals surface area contributed by atoms with Gasteiger partial charge in [-0.15, -0.1) is 0 Å². The number of nitrogens with zero attached hydrogens (tertiary/aromatic N) is 2. The highest BCUT2D eigenvalue weighted by Crippen LogP contribution is 2.23. The Morgan fingerprint density at radius 2 is 1.77 bits per heavy atom. The van der Waals surface area contributed by atoms with Gasteiger partial charge in [-0.25, -0.2) is 8.42 Å². The molecule has 0 radical (unpaired) electrons. The summed E-state index contributed by atoms with van der Waals surface area (Å²) in [6, 6.07) is 14.9. The van der Waals surface area contributed by atoms with Crippen molar-refractivity contribution in [2.75, 3.05) is 31.3 Å². The van der Waals surface area contributed by atoms with E-state index in [1.165, 1.54) is 25.1 Å². The SMILES string of the molecule is CNC(=O)[C@@H](C)N(Cc1ccccc1)C(=O)CN(c1cccc(OC)c1)S(C)(=O)=O. The monoisotopic (exact) mass is 433 g/mol. The first-order chi connectivity index (χ1) is 14.2. The van der Waals surface area contributed by atoms with Crippen molar-refractivity contribution in [3.8, 4) is 5.75 Å². The van der Waals surface area contributed by atoms with Crippen molar-refractivity contribution in [2.45, 2.75) is 19.5 Å². The number of benzene rings is 2. The van der Waals surface area contributed by atoms with E-state index in [4.69, 9.17) is 4.74 Å². The lowest BCUT2D eigenvalue weighted by molar-refractivity contribution is -0.139. The molecule has 30 heavy (non-hydrogen) atoms. The summed E-state index contributed by atoms with van der Waals surface area (Å²) in [4.78, 5) is 26.8. The lowest BCUT2D eigenvalue weighted by Gasteiger charge is -2.31. The third-order valence-corrected chi connectivity index (χ3v) is 5.77. The molecule has 0 aliphatic rings. The largest absolute Gasteiger partial charge is 0.497 e. The van der Waals surface area contributed by atoms with Crippen LogP contribution in [0.3, 0.4) is 0 Å². The molecule has 0 fully saturated rings. The van der Waals surface area contributed by atoms with Crippen LogP contribution in [-0.4, -0.2) is 58.1 Å². The molecule has 0 saturated carbocycles. The van der Waals surface area contributed by atoms with Crippen molar-refractivity contribution in [1.82, 2.24) is 10.2 Å². The van der Waals surface area contributed by atoms with Gasteiger partial charge < -0.3 is 15.0 Å². The maximum absolute atomic E-state index is 13.2. The van der Waals surface area contributed by atoms with E-state index in [0.717, 1.165) is 16.1 Å². The summed E-state index contributed by atoms with van der Waals surface area (Å²) in [7, 11) is -0.803. The maximum atomic E-state index is 13.2. The molecule has 162 valence electrons. The normalized spacial score (nSPS) is 12.0. The predicted molar refractivity (Wildman–Crippen MR) is 116 cm³/mol. The minimum absolute atomic E-state index is 0.171. The van der Waals surface area contributed by atoms with Crippen LogP contribution in [0.1, 0.15) is 12.5 Å². The molecular weight excluding hydrogens is 406 g/mol. The first-order valence-electron chi connectivity index (χ1n) is 9.34. The summed E-state index contributed by atoms with van der Waals surface area (Å²) in [5, 5.41) is 2.53. The van der Waals surface area contributed by atoms with E-state index in [0.29, 0.717) is 11.4 Å². The van der Waals surface area contributed by atoms with Gasteiger partial charge in [0.25, 0.3) is 0 Å². The Morgan fingerprint density at radius 1 is 1.10 bits per heavy atom. The molecule has 8 nitrogen and oxygen atoms in total. The van der Waals surface area contributed by atoms with Crippen molar-refractivity contribution < 1.29 is 22.7 Å². The number of methoxy groups -OCH3 is 1. The second-order valence-corrected chi connectivity index (χ2v) is 8.68. The molecule has 0 aliphatic carbocycles. The molecule has 0 saturated heterocycles. The number of anilines is 1. The Morgan fingerprint density at radius 3 is 2.33 bits per heavy atom. The van der Waals surface area contributed by atoms with Crippen molar-refractivity contribution in [3.05, 3.63) is 60.2 Å². The number of carbonyl (C=O) groups is 2. The molecule has 9 heteroatoms. The quantitative estimate of drug-likeness (QED) is 0.648. The highest BCUT2D eigenvalue weighted by Gasteiger charge is 2.29. The van der Waals surface area contributed by atoms with Gasteiger partial charge in [0.1, 0.15) is 18.3 Å². The van der Waals surface area contributed by atoms with Gasteiger partial charge in [-0.05, 0) is 24.6 Å². The predicted octanol–water partition coefficient (Wildman–Crippen LogP) is 1.62. The summed E-state index contributed by atoms with van der Waals surface area (Å²) in [6.07, 6.45) is 1.03. The average Bonchev–Trinajstić information content (AvgIpc) is 2.74. The summed E-state index contributed by atoms with van der Waals surface area (Å²) in [5.41, 5.74) is 1.13. The topological polar surface area (TPSA) is 96.0 Å². The van der Waals surface area contributed by atoms with Gasteiger partial charge in [-0.3, -0.25) is 13.9 Å². The number of rotatable bonds is 9. The zero-order chi connectivity index (χ0) is 22.3. The number of sulfonamides is 1. The van der Waals surface area contributed by atoms with Crippen LogP contribution in [0.4, 0.5) is 5.69 Å². The van der Waals surface area contributed by atoms with Gasteiger partial charge in [0.05, 0.1) is 19.1 Å². The van der Waals surface area contributed by atoms with E-state index in [2.05, 4.69) is 5.32 Å². The van der Waals surface area contributed by atoms with E-state index >= 15 is 0 Å². The molecule has 2 aromatic rings. The molecule has 1 atom stereocenters. The molecule has 0 unspecified atom stereocenters. The summed E-state index contributed by atoms with van der Waals surface area (Å²) >= 11 is 0. The third kappa shape index (κ3) is 5.96. The van der Waals surface area contributed by atoms with Gasteiger partial charge >= 0.3 is 0 Å². The second-order valence-electron chi connectivity index (χ2n) is 6.77. The fourth-order valence-corrected chi connectivity index (χ4v) is 3.79. The molecular formula is C21H27N3O5S. The van der Waals surface area contributed by atoms with Crippen LogP contribution in [0.5, 0.6) is 5.75 Å². The summed E-state index contributed by atoms with van der Waals surface area (Å²) in [6.45, 7) is 1.33. The number of likely N-dealkylation sites (N-methyl/N-ethyl adjacent to an activating group) is 1. The second kappa shape index (κ2) is 10.1. The molecule has 2 aromatic carbocycles. The summed E-state index contributed by atoms with van der Waals surface area (Å²) < 4.78 is 31.1. The number of carbonyl (C=O) groups excluding carboxylic acids is 2. The first-order valence-corrected chi connectivity index (χ1v) is 11.2. The Bertz CT molecular complexity index is 979. The van der Waals surface area contributed by atoms with Gasteiger partial charge in [0.15, 0.2) is 0 Å². The van der Waals surface area contributed by atoms with Crippen LogP contribution < -0.4 is 14.4 Å².